The van der Waals surface area contributed by atoms with Crippen molar-refractivity contribution in [3.8, 4) is 0 Å². The van der Waals surface area contributed by atoms with E-state index in [-0.39, 0.29) is 6.42 Å². The molecule has 0 saturated heterocycles. The third-order valence-electron chi connectivity index (χ3n) is 3.14. The second-order valence-electron chi connectivity index (χ2n) is 5.13. The average molecular weight is 357 g/mol. The summed E-state index contributed by atoms with van der Waals surface area (Å²) in [4.78, 5) is 52.4. The van der Waals surface area contributed by atoms with Crippen LogP contribution in [0.2, 0.25) is 0 Å². The Hall–Kier alpha value is -2.99. The van der Waals surface area contributed by atoms with E-state index in [0.717, 1.165) is 0 Å². The van der Waals surface area contributed by atoms with Gasteiger partial charge in [0.05, 0.1) is 19.4 Å². The van der Waals surface area contributed by atoms with Gasteiger partial charge < -0.3 is 36.7 Å². The predicted octanol–water partition coefficient (Wildman–Crippen LogP) is -3.20. The van der Waals surface area contributed by atoms with Crippen molar-refractivity contribution in [3.63, 3.8) is 0 Å². The fraction of sp³-hybridized carbons (Fsp3) is 0.462. The Labute approximate surface area is 141 Å². The molecule has 0 aliphatic heterocycles. The maximum absolute atomic E-state index is 12.2. The second kappa shape index (κ2) is 9.34. The molecule has 1 aromatic heterocycles. The number of carboxylic acids is 2. The van der Waals surface area contributed by atoms with Crippen molar-refractivity contribution in [3.05, 3.63) is 18.2 Å². The third-order valence-corrected chi connectivity index (χ3v) is 3.14. The van der Waals surface area contributed by atoms with Crippen LogP contribution in [0, 0.1) is 0 Å². The minimum Gasteiger partial charge on any atom is -0.481 e. The normalized spacial score (nSPS) is 14.2. The van der Waals surface area contributed by atoms with E-state index in [4.69, 9.17) is 15.9 Å². The van der Waals surface area contributed by atoms with Crippen molar-refractivity contribution >= 4 is 23.8 Å². The van der Waals surface area contributed by atoms with E-state index in [0.29, 0.717) is 5.69 Å². The van der Waals surface area contributed by atoms with E-state index >= 15 is 0 Å². The summed E-state index contributed by atoms with van der Waals surface area (Å²) in [6.07, 6.45) is 1.80. The largest absolute Gasteiger partial charge is 0.481 e. The average Bonchev–Trinajstić information content (AvgIpc) is 3.05. The number of carbonyl (C=O) groups is 4. The number of nitrogens with two attached hydrogens (primary N) is 1. The molecule has 0 aliphatic carbocycles. The maximum Gasteiger partial charge on any atom is 0.326 e. The van der Waals surface area contributed by atoms with Gasteiger partial charge in [-0.1, -0.05) is 0 Å². The lowest BCUT2D eigenvalue weighted by atomic mass is 10.1. The summed E-state index contributed by atoms with van der Waals surface area (Å²) >= 11 is 0. The van der Waals surface area contributed by atoms with Crippen LogP contribution in [0.25, 0.3) is 0 Å². The smallest absolute Gasteiger partial charge is 0.326 e. The first kappa shape index (κ1) is 20.1. The molecule has 138 valence electrons. The van der Waals surface area contributed by atoms with Crippen molar-refractivity contribution in [1.82, 2.24) is 20.6 Å². The SMILES string of the molecule is N[C@@H](CO)C(=O)N[C@@H](CC(=O)O)C(=O)N[C@@H](Cc1cnc[nH]1)C(=O)O. The molecule has 0 aromatic carbocycles. The van der Waals surface area contributed by atoms with Crippen LogP contribution >= 0.6 is 0 Å². The van der Waals surface area contributed by atoms with E-state index in [2.05, 4.69) is 20.6 Å². The number of hydrogen-bond donors (Lipinski definition) is 7. The minimum atomic E-state index is -1.55. The number of amides is 2. The van der Waals surface area contributed by atoms with E-state index in [9.17, 15) is 24.3 Å². The van der Waals surface area contributed by atoms with Gasteiger partial charge in [-0.15, -0.1) is 0 Å². The zero-order valence-electron chi connectivity index (χ0n) is 13.0. The molecule has 25 heavy (non-hydrogen) atoms. The van der Waals surface area contributed by atoms with Crippen molar-refractivity contribution in [2.24, 2.45) is 5.73 Å². The summed E-state index contributed by atoms with van der Waals surface area (Å²) in [5.74, 6) is -4.69. The summed E-state index contributed by atoms with van der Waals surface area (Å²) in [5, 5.41) is 31.1. The predicted molar refractivity (Wildman–Crippen MR) is 81.1 cm³/mol. The van der Waals surface area contributed by atoms with E-state index < -0.39 is 54.9 Å². The topological polar surface area (TPSA) is 208 Å². The van der Waals surface area contributed by atoms with E-state index in [1.54, 1.807) is 0 Å². The maximum atomic E-state index is 12.2. The number of rotatable bonds is 10. The van der Waals surface area contributed by atoms with E-state index in [1.165, 1.54) is 12.5 Å². The molecular weight excluding hydrogens is 338 g/mol. The molecule has 12 heteroatoms. The van der Waals surface area contributed by atoms with Gasteiger partial charge in [-0.25, -0.2) is 9.78 Å². The van der Waals surface area contributed by atoms with Gasteiger partial charge in [0, 0.05) is 18.3 Å². The third kappa shape index (κ3) is 6.56. The van der Waals surface area contributed by atoms with Gasteiger partial charge in [0.25, 0.3) is 0 Å². The van der Waals surface area contributed by atoms with Crippen LogP contribution in [0.1, 0.15) is 12.1 Å². The molecule has 8 N–H and O–H groups in total. The molecular formula is C13H19N5O7. The van der Waals surface area contributed by atoms with Crippen LogP contribution in [0.4, 0.5) is 0 Å². The first-order chi connectivity index (χ1) is 11.7. The number of nitrogens with one attached hydrogen (secondary N) is 3. The highest BCUT2D eigenvalue weighted by atomic mass is 16.4. The molecule has 0 aliphatic rings. The van der Waals surface area contributed by atoms with Crippen LogP contribution in [-0.4, -0.2) is 73.8 Å². The lowest BCUT2D eigenvalue weighted by Gasteiger charge is -2.21. The first-order valence-corrected chi connectivity index (χ1v) is 7.13. The van der Waals surface area contributed by atoms with Crippen LogP contribution < -0.4 is 16.4 Å². The van der Waals surface area contributed by atoms with Crippen molar-refractivity contribution in [2.45, 2.75) is 31.0 Å². The fourth-order valence-electron chi connectivity index (χ4n) is 1.83. The molecule has 12 nitrogen and oxygen atoms in total. The lowest BCUT2D eigenvalue weighted by molar-refractivity contribution is -0.143. The summed E-state index contributed by atoms with van der Waals surface area (Å²) in [7, 11) is 0. The number of aliphatic carboxylic acids is 2. The van der Waals surface area contributed by atoms with Gasteiger partial charge in [-0.3, -0.25) is 14.4 Å². The number of carboxylic acid groups (broad SMARTS) is 2. The number of aliphatic hydroxyl groups is 1. The van der Waals surface area contributed by atoms with Crippen molar-refractivity contribution in [2.75, 3.05) is 6.61 Å². The summed E-state index contributed by atoms with van der Waals surface area (Å²) in [5.41, 5.74) is 5.73. The van der Waals surface area contributed by atoms with Gasteiger partial charge in [-0.05, 0) is 0 Å². The Kier molecular flexibility index (Phi) is 7.49. The number of aromatic amines is 1. The van der Waals surface area contributed by atoms with Gasteiger partial charge in [0.1, 0.15) is 18.1 Å². The number of imidazole rings is 1. The zero-order chi connectivity index (χ0) is 19.0. The minimum absolute atomic E-state index is 0.120. The number of aliphatic hydroxyl groups excluding tert-OH is 1. The van der Waals surface area contributed by atoms with Gasteiger partial charge >= 0.3 is 11.9 Å². The molecule has 0 fully saturated rings. The molecule has 1 heterocycles. The Morgan fingerprint density at radius 2 is 1.80 bits per heavy atom. The number of carbonyl (C=O) groups excluding carboxylic acids is 2. The molecule has 1 aromatic rings. The number of hydrogen-bond acceptors (Lipinski definition) is 7. The Morgan fingerprint density at radius 1 is 1.16 bits per heavy atom. The highest BCUT2D eigenvalue weighted by molar-refractivity contribution is 5.93. The van der Waals surface area contributed by atoms with E-state index in [1.807, 2.05) is 0 Å². The molecule has 0 unspecified atom stereocenters. The lowest BCUT2D eigenvalue weighted by Crippen LogP contribution is -2.56. The number of nitrogens with zero attached hydrogens (tertiary/aromatic N) is 1. The number of aromatic nitrogens is 2. The van der Waals surface area contributed by atoms with Gasteiger partial charge in [-0.2, -0.15) is 0 Å². The van der Waals surface area contributed by atoms with Gasteiger partial charge in [0.15, 0.2) is 0 Å². The summed E-state index contributed by atoms with van der Waals surface area (Å²) < 4.78 is 0. The van der Waals surface area contributed by atoms with Crippen LogP contribution in [0.5, 0.6) is 0 Å². The van der Waals surface area contributed by atoms with Crippen molar-refractivity contribution < 1.29 is 34.5 Å². The zero-order valence-corrected chi connectivity index (χ0v) is 13.0. The van der Waals surface area contributed by atoms with Gasteiger partial charge in [0.2, 0.25) is 11.8 Å². The quantitative estimate of drug-likeness (QED) is 0.224. The van der Waals surface area contributed by atoms with Crippen LogP contribution in [0.3, 0.4) is 0 Å². The highest BCUT2D eigenvalue weighted by Gasteiger charge is 2.29. The molecule has 1 rings (SSSR count). The number of H-pyrrole nitrogens is 1. The highest BCUT2D eigenvalue weighted by Crippen LogP contribution is 2.01. The van der Waals surface area contributed by atoms with Crippen molar-refractivity contribution in [1.29, 1.82) is 0 Å². The standard InChI is InChI=1S/C13H19N5O7/c14-7(4-19)11(22)17-8(2-10(20)21)12(23)18-9(13(24)25)1-6-3-15-5-16-6/h3,5,7-9,19H,1-2,4,14H2,(H,15,16)(H,17,22)(H,18,23)(H,20,21)(H,24,25)/t7-,8-,9-/m0/s1. The van der Waals surface area contributed by atoms with Crippen LogP contribution in [-0.2, 0) is 25.6 Å². The second-order valence-corrected chi connectivity index (χ2v) is 5.13. The summed E-state index contributed by atoms with van der Waals surface area (Å²) in [6, 6.07) is -4.26. The monoisotopic (exact) mass is 357 g/mol. The Morgan fingerprint density at radius 3 is 2.28 bits per heavy atom. The molecule has 0 spiro atoms. The Balaban J connectivity index is 2.81. The molecule has 0 bridgehead atoms. The molecule has 3 atom stereocenters. The summed E-state index contributed by atoms with van der Waals surface area (Å²) in [6.45, 7) is -0.704. The first-order valence-electron chi connectivity index (χ1n) is 7.13. The molecule has 0 saturated carbocycles. The molecule has 0 radical (unpaired) electrons. The Bertz CT molecular complexity index is 618. The fourth-order valence-corrected chi connectivity index (χ4v) is 1.83. The molecule has 2 amide bonds. The van der Waals surface area contributed by atoms with Crippen LogP contribution in [0.15, 0.2) is 12.5 Å².